The van der Waals surface area contributed by atoms with Gasteiger partial charge in [-0.2, -0.15) is 0 Å². The summed E-state index contributed by atoms with van der Waals surface area (Å²) in [4.78, 5) is 16.9. The minimum atomic E-state index is 0.446. The Bertz CT molecular complexity index is 872. The number of ether oxygens (including phenoxy) is 1. The Morgan fingerprint density at radius 2 is 1.58 bits per heavy atom. The number of hydrogen-bond donors (Lipinski definition) is 1. The quantitative estimate of drug-likeness (QED) is 0.725. The molecule has 2 N–H and O–H groups in total. The monoisotopic (exact) mass is 450 g/mol. The van der Waals surface area contributed by atoms with E-state index in [1.165, 1.54) is 44.2 Å². The second-order valence-electron chi connectivity index (χ2n) is 9.81. The second kappa shape index (κ2) is 10.8. The standard InChI is InChI=1S/C26H38N6O/c27-24-5-3-21(4-6-24)7-9-30-10-12-31(13-11-30)25-18-23(22-2-1-8-28-20-22)19-26(29-25)32-14-16-33-17-15-32/h1-2,8,18-21,24H,3-7,9-17,27H2. The van der Waals surface area contributed by atoms with Crippen LogP contribution in [-0.4, -0.2) is 79.9 Å². The predicted molar refractivity (Wildman–Crippen MR) is 134 cm³/mol. The SMILES string of the molecule is NC1CCC(CCN2CCN(c3cc(-c4cccnc4)cc(N4CCOCC4)n3)CC2)CC1. The van der Waals surface area contributed by atoms with E-state index >= 15 is 0 Å². The number of hydrogen-bond acceptors (Lipinski definition) is 7. The summed E-state index contributed by atoms with van der Waals surface area (Å²) in [7, 11) is 0. The first kappa shape index (κ1) is 22.6. The number of anilines is 2. The van der Waals surface area contributed by atoms with Crippen LogP contribution >= 0.6 is 0 Å². The first-order valence-electron chi connectivity index (χ1n) is 12.7. The average Bonchev–Trinajstić information content (AvgIpc) is 2.89. The Hall–Kier alpha value is -2.22. The average molecular weight is 451 g/mol. The molecule has 4 heterocycles. The number of morpholine rings is 1. The smallest absolute Gasteiger partial charge is 0.131 e. The fourth-order valence-electron chi connectivity index (χ4n) is 5.36. The highest BCUT2D eigenvalue weighted by Crippen LogP contribution is 2.29. The van der Waals surface area contributed by atoms with E-state index in [9.17, 15) is 0 Å². The zero-order chi connectivity index (χ0) is 22.5. The Morgan fingerprint density at radius 3 is 2.24 bits per heavy atom. The maximum absolute atomic E-state index is 6.08. The van der Waals surface area contributed by atoms with Gasteiger partial charge in [-0.1, -0.05) is 6.07 Å². The van der Waals surface area contributed by atoms with E-state index < -0.39 is 0 Å². The molecule has 0 amide bonds. The van der Waals surface area contributed by atoms with Gasteiger partial charge in [-0.15, -0.1) is 0 Å². The fourth-order valence-corrected chi connectivity index (χ4v) is 5.36. The van der Waals surface area contributed by atoms with Crippen LogP contribution in [0.4, 0.5) is 11.6 Å². The van der Waals surface area contributed by atoms with Gasteiger partial charge in [0.25, 0.3) is 0 Å². The molecule has 3 aliphatic rings. The highest BCUT2D eigenvalue weighted by molar-refractivity contribution is 5.70. The normalized spacial score (nSPS) is 24.8. The third kappa shape index (κ3) is 5.83. The van der Waals surface area contributed by atoms with Crippen LogP contribution in [0.3, 0.4) is 0 Å². The van der Waals surface area contributed by atoms with Gasteiger partial charge in [0.15, 0.2) is 0 Å². The van der Waals surface area contributed by atoms with Crippen molar-refractivity contribution in [2.75, 3.05) is 68.8 Å². The predicted octanol–water partition coefficient (Wildman–Crippen LogP) is 3.01. The van der Waals surface area contributed by atoms with Crippen LogP contribution in [-0.2, 0) is 4.74 Å². The molecular weight excluding hydrogens is 412 g/mol. The number of nitrogens with two attached hydrogens (primary N) is 1. The lowest BCUT2D eigenvalue weighted by Crippen LogP contribution is -2.47. The summed E-state index contributed by atoms with van der Waals surface area (Å²) < 4.78 is 5.56. The molecule has 2 aromatic heterocycles. The molecule has 0 unspecified atom stereocenters. The van der Waals surface area contributed by atoms with Crippen molar-refractivity contribution in [1.82, 2.24) is 14.9 Å². The summed E-state index contributed by atoms with van der Waals surface area (Å²) in [5.41, 5.74) is 8.41. The maximum atomic E-state index is 6.08. The summed E-state index contributed by atoms with van der Waals surface area (Å²) in [6.45, 7) is 8.81. The van der Waals surface area contributed by atoms with Gasteiger partial charge in [0, 0.05) is 63.3 Å². The van der Waals surface area contributed by atoms with Crippen molar-refractivity contribution in [3.8, 4) is 11.1 Å². The Balaban J connectivity index is 1.24. The molecule has 178 valence electrons. The van der Waals surface area contributed by atoms with E-state index in [0.29, 0.717) is 6.04 Å². The van der Waals surface area contributed by atoms with Crippen LogP contribution in [0.5, 0.6) is 0 Å². The lowest BCUT2D eigenvalue weighted by molar-refractivity contribution is 0.122. The summed E-state index contributed by atoms with van der Waals surface area (Å²) in [6.07, 6.45) is 10.1. The third-order valence-corrected chi connectivity index (χ3v) is 7.57. The molecule has 5 rings (SSSR count). The van der Waals surface area contributed by atoms with E-state index in [1.807, 2.05) is 18.5 Å². The van der Waals surface area contributed by atoms with Crippen molar-refractivity contribution in [1.29, 1.82) is 0 Å². The molecule has 0 radical (unpaired) electrons. The molecule has 1 aliphatic carbocycles. The van der Waals surface area contributed by atoms with Crippen LogP contribution in [0.2, 0.25) is 0 Å². The summed E-state index contributed by atoms with van der Waals surface area (Å²) in [5, 5.41) is 0. The minimum Gasteiger partial charge on any atom is -0.378 e. The Labute approximate surface area is 197 Å². The van der Waals surface area contributed by atoms with E-state index in [4.69, 9.17) is 15.5 Å². The number of piperazine rings is 1. The zero-order valence-electron chi connectivity index (χ0n) is 19.7. The minimum absolute atomic E-state index is 0.446. The molecule has 0 aromatic carbocycles. The third-order valence-electron chi connectivity index (χ3n) is 7.57. The maximum Gasteiger partial charge on any atom is 0.131 e. The number of aromatic nitrogens is 2. The van der Waals surface area contributed by atoms with E-state index in [-0.39, 0.29) is 0 Å². The molecule has 0 atom stereocenters. The molecule has 0 bridgehead atoms. The Morgan fingerprint density at radius 1 is 0.879 bits per heavy atom. The zero-order valence-corrected chi connectivity index (χ0v) is 19.7. The van der Waals surface area contributed by atoms with Gasteiger partial charge < -0.3 is 20.3 Å². The summed E-state index contributed by atoms with van der Waals surface area (Å²) in [5.74, 6) is 3.00. The van der Waals surface area contributed by atoms with Crippen LogP contribution in [0.1, 0.15) is 32.1 Å². The highest BCUT2D eigenvalue weighted by atomic mass is 16.5. The van der Waals surface area contributed by atoms with Gasteiger partial charge >= 0.3 is 0 Å². The van der Waals surface area contributed by atoms with E-state index in [2.05, 4.69) is 37.9 Å². The van der Waals surface area contributed by atoms with Gasteiger partial charge in [0.2, 0.25) is 0 Å². The molecular formula is C26H38N6O. The van der Waals surface area contributed by atoms with E-state index in [0.717, 1.165) is 75.6 Å². The van der Waals surface area contributed by atoms with Crippen molar-refractivity contribution in [3.63, 3.8) is 0 Å². The largest absolute Gasteiger partial charge is 0.378 e. The van der Waals surface area contributed by atoms with Gasteiger partial charge in [-0.25, -0.2) is 4.98 Å². The number of pyridine rings is 2. The highest BCUT2D eigenvalue weighted by Gasteiger charge is 2.23. The molecule has 3 fully saturated rings. The van der Waals surface area contributed by atoms with E-state index in [1.54, 1.807) is 0 Å². The first-order valence-corrected chi connectivity index (χ1v) is 12.7. The number of rotatable bonds is 6. The van der Waals surface area contributed by atoms with Crippen LogP contribution in [0.15, 0.2) is 36.7 Å². The lowest BCUT2D eigenvalue weighted by atomic mass is 9.84. The van der Waals surface area contributed by atoms with Crippen molar-refractivity contribution >= 4 is 11.6 Å². The number of nitrogens with zero attached hydrogens (tertiary/aromatic N) is 5. The fraction of sp³-hybridized carbons (Fsp3) is 0.615. The van der Waals surface area contributed by atoms with Crippen LogP contribution in [0.25, 0.3) is 11.1 Å². The van der Waals surface area contributed by atoms with Crippen LogP contribution < -0.4 is 15.5 Å². The first-order chi connectivity index (χ1) is 16.2. The molecule has 1 saturated carbocycles. The Kier molecular flexibility index (Phi) is 7.39. The molecule has 7 nitrogen and oxygen atoms in total. The van der Waals surface area contributed by atoms with Gasteiger partial charge in [-0.3, -0.25) is 9.88 Å². The molecule has 2 saturated heterocycles. The van der Waals surface area contributed by atoms with Gasteiger partial charge in [0.05, 0.1) is 13.2 Å². The second-order valence-corrected chi connectivity index (χ2v) is 9.81. The molecule has 33 heavy (non-hydrogen) atoms. The van der Waals surface area contributed by atoms with Gasteiger partial charge in [0.1, 0.15) is 11.6 Å². The van der Waals surface area contributed by atoms with Gasteiger partial charge in [-0.05, 0) is 68.3 Å². The van der Waals surface area contributed by atoms with Crippen molar-refractivity contribution in [2.24, 2.45) is 11.7 Å². The molecule has 2 aliphatic heterocycles. The van der Waals surface area contributed by atoms with Crippen molar-refractivity contribution in [3.05, 3.63) is 36.7 Å². The summed E-state index contributed by atoms with van der Waals surface area (Å²) in [6, 6.07) is 9.02. The molecule has 7 heteroatoms. The van der Waals surface area contributed by atoms with Crippen LogP contribution in [0, 0.1) is 5.92 Å². The van der Waals surface area contributed by atoms with Crippen molar-refractivity contribution < 1.29 is 4.74 Å². The topological polar surface area (TPSA) is 70.8 Å². The molecule has 2 aromatic rings. The lowest BCUT2D eigenvalue weighted by Gasteiger charge is -2.37. The molecule has 0 spiro atoms. The summed E-state index contributed by atoms with van der Waals surface area (Å²) >= 11 is 0. The van der Waals surface area contributed by atoms with Crippen molar-refractivity contribution in [2.45, 2.75) is 38.1 Å².